The molecule has 2 rings (SSSR count). The number of nitrogens with zero attached hydrogens (tertiary/aromatic N) is 4. The topological polar surface area (TPSA) is 43.6 Å². The van der Waals surface area contributed by atoms with Gasteiger partial charge in [0.25, 0.3) is 0 Å². The van der Waals surface area contributed by atoms with Crippen molar-refractivity contribution in [3.63, 3.8) is 0 Å². The second-order valence-corrected chi connectivity index (χ2v) is 3.08. The fourth-order valence-corrected chi connectivity index (χ4v) is 1.24. The van der Waals surface area contributed by atoms with Gasteiger partial charge in [0, 0.05) is 6.20 Å². The maximum absolute atomic E-state index is 12.6. The lowest BCUT2D eigenvalue weighted by atomic mass is 10.4. The number of rotatable bonds is 1. The molecule has 0 bridgehead atoms. The van der Waals surface area contributed by atoms with Gasteiger partial charge in [0.2, 0.25) is 5.82 Å². The van der Waals surface area contributed by atoms with Gasteiger partial charge in [-0.15, -0.1) is 5.10 Å². The van der Waals surface area contributed by atoms with Crippen LogP contribution in [0.2, 0.25) is 0 Å². The molecule has 0 radical (unpaired) electrons. The van der Waals surface area contributed by atoms with Crippen LogP contribution in [0.15, 0.2) is 24.4 Å². The Labute approximate surface area is 88.8 Å². The quantitative estimate of drug-likeness (QED) is 0.749. The first-order chi connectivity index (χ1) is 7.48. The minimum atomic E-state index is -4.54. The van der Waals surface area contributed by atoms with E-state index in [0.717, 1.165) is 0 Å². The number of hydrogen-bond acceptors (Lipinski definition) is 3. The normalized spacial score (nSPS) is 11.8. The minimum absolute atomic E-state index is 0.0537. The molecule has 0 aliphatic heterocycles. The number of aryl methyl sites for hydroxylation is 1. The summed E-state index contributed by atoms with van der Waals surface area (Å²) >= 11 is 0. The van der Waals surface area contributed by atoms with Crippen LogP contribution < -0.4 is 0 Å². The van der Waals surface area contributed by atoms with Gasteiger partial charge in [-0.2, -0.15) is 17.9 Å². The standard InChI is InChI=1S/C9H7F3N4/c1-6-14-8(9(10,11)12)16(15-6)7-4-2-3-5-13-7/h2-5H,1H3. The van der Waals surface area contributed by atoms with E-state index in [4.69, 9.17) is 0 Å². The summed E-state index contributed by atoms with van der Waals surface area (Å²) in [6.07, 6.45) is -3.15. The van der Waals surface area contributed by atoms with E-state index in [0.29, 0.717) is 4.68 Å². The van der Waals surface area contributed by atoms with Crippen molar-refractivity contribution in [1.29, 1.82) is 0 Å². The van der Waals surface area contributed by atoms with Gasteiger partial charge in [-0.25, -0.2) is 9.97 Å². The molecule has 0 spiro atoms. The number of hydrogen-bond donors (Lipinski definition) is 0. The highest BCUT2D eigenvalue weighted by atomic mass is 19.4. The van der Waals surface area contributed by atoms with Crippen molar-refractivity contribution in [2.45, 2.75) is 13.1 Å². The summed E-state index contributed by atoms with van der Waals surface area (Å²) in [7, 11) is 0. The zero-order valence-electron chi connectivity index (χ0n) is 8.23. The van der Waals surface area contributed by atoms with E-state index >= 15 is 0 Å². The lowest BCUT2D eigenvalue weighted by Gasteiger charge is -2.06. The molecule has 4 nitrogen and oxygen atoms in total. The van der Waals surface area contributed by atoms with E-state index in [-0.39, 0.29) is 11.6 Å². The van der Waals surface area contributed by atoms with E-state index in [1.165, 1.54) is 19.2 Å². The highest BCUT2D eigenvalue weighted by molar-refractivity contribution is 5.22. The highest BCUT2D eigenvalue weighted by Gasteiger charge is 2.38. The smallest absolute Gasteiger partial charge is 0.237 e. The van der Waals surface area contributed by atoms with Gasteiger partial charge < -0.3 is 0 Å². The summed E-state index contributed by atoms with van der Waals surface area (Å²) in [5.41, 5.74) is 0. The maximum Gasteiger partial charge on any atom is 0.451 e. The lowest BCUT2D eigenvalue weighted by molar-refractivity contribution is -0.146. The molecule has 0 aliphatic carbocycles. The number of pyridine rings is 1. The average Bonchev–Trinajstić information content (AvgIpc) is 2.61. The molecule has 7 heteroatoms. The van der Waals surface area contributed by atoms with Gasteiger partial charge >= 0.3 is 6.18 Å². The van der Waals surface area contributed by atoms with E-state index in [1.807, 2.05) is 0 Å². The number of halogens is 3. The first-order valence-electron chi connectivity index (χ1n) is 4.41. The molecule has 0 atom stereocenters. The SMILES string of the molecule is Cc1nc(C(F)(F)F)n(-c2ccccn2)n1. The van der Waals surface area contributed by atoms with Gasteiger partial charge in [0.05, 0.1) is 0 Å². The predicted molar refractivity (Wildman–Crippen MR) is 48.9 cm³/mol. The Hall–Kier alpha value is -1.92. The molecule has 84 valence electrons. The lowest BCUT2D eigenvalue weighted by Crippen LogP contribution is -2.15. The molecule has 0 aliphatic rings. The second-order valence-electron chi connectivity index (χ2n) is 3.08. The summed E-state index contributed by atoms with van der Waals surface area (Å²) in [5.74, 6) is -0.919. The third kappa shape index (κ3) is 1.88. The second kappa shape index (κ2) is 3.58. The molecule has 0 unspecified atom stereocenters. The van der Waals surface area contributed by atoms with Gasteiger partial charge in [0.1, 0.15) is 5.82 Å². The molecule has 0 N–H and O–H groups in total. The fraction of sp³-hybridized carbons (Fsp3) is 0.222. The highest BCUT2D eigenvalue weighted by Crippen LogP contribution is 2.28. The minimum Gasteiger partial charge on any atom is -0.237 e. The molecule has 2 aromatic heterocycles. The van der Waals surface area contributed by atoms with Crippen LogP contribution in [0.1, 0.15) is 11.6 Å². The van der Waals surface area contributed by atoms with Crippen LogP contribution in [0.3, 0.4) is 0 Å². The molecule has 0 fully saturated rings. The van der Waals surface area contributed by atoms with Crippen molar-refractivity contribution >= 4 is 0 Å². The van der Waals surface area contributed by atoms with Crippen LogP contribution in [-0.4, -0.2) is 19.7 Å². The van der Waals surface area contributed by atoms with Gasteiger partial charge in [-0.05, 0) is 19.1 Å². The average molecular weight is 228 g/mol. The molecule has 16 heavy (non-hydrogen) atoms. The first-order valence-corrected chi connectivity index (χ1v) is 4.41. The Morgan fingerprint density at radius 2 is 2.00 bits per heavy atom. The summed E-state index contributed by atoms with van der Waals surface area (Å²) in [5, 5.41) is 3.67. The molecular weight excluding hydrogens is 221 g/mol. The van der Waals surface area contributed by atoms with Gasteiger partial charge in [-0.1, -0.05) is 6.07 Å². The first kappa shape index (κ1) is 10.6. The Bertz CT molecular complexity index is 489. The van der Waals surface area contributed by atoms with Crippen LogP contribution in [0.25, 0.3) is 5.82 Å². The predicted octanol–water partition coefficient (Wildman–Crippen LogP) is 1.99. The number of alkyl halides is 3. The van der Waals surface area contributed by atoms with E-state index in [2.05, 4.69) is 15.1 Å². The van der Waals surface area contributed by atoms with Crippen LogP contribution in [-0.2, 0) is 6.18 Å². The van der Waals surface area contributed by atoms with Crippen LogP contribution >= 0.6 is 0 Å². The van der Waals surface area contributed by atoms with Crippen molar-refractivity contribution in [2.75, 3.05) is 0 Å². The molecule has 0 amide bonds. The van der Waals surface area contributed by atoms with Crippen LogP contribution in [0, 0.1) is 6.92 Å². The fourth-order valence-electron chi connectivity index (χ4n) is 1.24. The van der Waals surface area contributed by atoms with Crippen LogP contribution in [0.4, 0.5) is 13.2 Å². The van der Waals surface area contributed by atoms with E-state index < -0.39 is 12.0 Å². The zero-order valence-corrected chi connectivity index (χ0v) is 8.23. The van der Waals surface area contributed by atoms with Crippen molar-refractivity contribution < 1.29 is 13.2 Å². The molecule has 0 saturated heterocycles. The largest absolute Gasteiger partial charge is 0.451 e. The molecule has 2 heterocycles. The third-order valence-corrected chi connectivity index (χ3v) is 1.83. The van der Waals surface area contributed by atoms with Crippen molar-refractivity contribution in [3.8, 4) is 5.82 Å². The summed E-state index contributed by atoms with van der Waals surface area (Å²) in [4.78, 5) is 7.14. The Morgan fingerprint density at radius 1 is 1.25 bits per heavy atom. The zero-order chi connectivity index (χ0) is 11.8. The van der Waals surface area contributed by atoms with Crippen molar-refractivity contribution in [1.82, 2.24) is 19.7 Å². The summed E-state index contributed by atoms with van der Waals surface area (Å²) < 4.78 is 38.5. The summed E-state index contributed by atoms with van der Waals surface area (Å²) in [6, 6.07) is 4.63. The number of aromatic nitrogens is 4. The van der Waals surface area contributed by atoms with Gasteiger partial charge in [-0.3, -0.25) is 0 Å². The summed E-state index contributed by atoms with van der Waals surface area (Å²) in [6.45, 7) is 1.40. The van der Waals surface area contributed by atoms with E-state index in [9.17, 15) is 13.2 Å². The monoisotopic (exact) mass is 228 g/mol. The van der Waals surface area contributed by atoms with Crippen molar-refractivity contribution in [2.24, 2.45) is 0 Å². The maximum atomic E-state index is 12.6. The van der Waals surface area contributed by atoms with Crippen LogP contribution in [0.5, 0.6) is 0 Å². The Kier molecular flexibility index (Phi) is 2.37. The Balaban J connectivity index is 2.58. The molecular formula is C9H7F3N4. The third-order valence-electron chi connectivity index (χ3n) is 1.83. The van der Waals surface area contributed by atoms with Gasteiger partial charge in [0.15, 0.2) is 5.82 Å². The Morgan fingerprint density at radius 3 is 2.56 bits per heavy atom. The molecule has 0 aromatic carbocycles. The molecule has 0 saturated carbocycles. The molecule has 2 aromatic rings. The van der Waals surface area contributed by atoms with E-state index in [1.54, 1.807) is 12.1 Å². The van der Waals surface area contributed by atoms with Crippen molar-refractivity contribution in [3.05, 3.63) is 36.0 Å².